The molecule has 2 fully saturated rings. The maximum atomic E-state index is 12.6. The molecule has 278 valence electrons. The molecule has 2 aromatic rings. The minimum Gasteiger partial charge on any atom is -0.394 e. The van der Waals surface area contributed by atoms with Crippen molar-refractivity contribution in [3.63, 3.8) is 0 Å². The molecule has 14 nitrogen and oxygen atoms in total. The van der Waals surface area contributed by atoms with Crippen LogP contribution in [-0.4, -0.2) is 126 Å². The molecule has 2 amide bonds. The molecular formula is C33H43F3N2O12. The fraction of sp³-hybridized carbons (Fsp3) is 0.576. The van der Waals surface area contributed by atoms with Gasteiger partial charge in [-0.1, -0.05) is 60.7 Å². The van der Waals surface area contributed by atoms with Gasteiger partial charge >= 0.3 is 12.1 Å². The van der Waals surface area contributed by atoms with Crippen LogP contribution in [0, 0.1) is 0 Å². The van der Waals surface area contributed by atoms with Crippen molar-refractivity contribution in [3.05, 3.63) is 71.8 Å². The van der Waals surface area contributed by atoms with Crippen LogP contribution in [0.25, 0.3) is 0 Å². The highest BCUT2D eigenvalue weighted by Crippen LogP contribution is 2.32. The number of aliphatic hydroxyl groups is 4. The number of nitrogens with one attached hydrogen (secondary N) is 2. The summed E-state index contributed by atoms with van der Waals surface area (Å²) in [7, 11) is 0. The van der Waals surface area contributed by atoms with Crippen LogP contribution in [0.4, 0.5) is 13.2 Å². The molecule has 0 radical (unpaired) electrons. The zero-order valence-corrected chi connectivity index (χ0v) is 27.2. The van der Waals surface area contributed by atoms with Gasteiger partial charge in [0.15, 0.2) is 12.6 Å². The number of aliphatic hydroxyl groups excluding tert-OH is 4. The molecule has 0 bridgehead atoms. The largest absolute Gasteiger partial charge is 0.471 e. The van der Waals surface area contributed by atoms with E-state index in [4.69, 9.17) is 28.4 Å². The lowest BCUT2D eigenvalue weighted by Crippen LogP contribution is -2.68. The summed E-state index contributed by atoms with van der Waals surface area (Å²) >= 11 is 0. The summed E-state index contributed by atoms with van der Waals surface area (Å²) in [5.41, 5.74) is 1.57. The molecule has 2 heterocycles. The molecule has 6 N–H and O–H groups in total. The number of benzene rings is 2. The molecule has 2 aliphatic heterocycles. The van der Waals surface area contributed by atoms with E-state index in [1.807, 2.05) is 36.4 Å². The van der Waals surface area contributed by atoms with Gasteiger partial charge in [0.25, 0.3) is 0 Å². The molecule has 0 saturated carbocycles. The van der Waals surface area contributed by atoms with Crippen LogP contribution in [-0.2, 0) is 51.2 Å². The lowest BCUT2D eigenvalue weighted by molar-refractivity contribution is -0.352. The van der Waals surface area contributed by atoms with E-state index in [1.54, 1.807) is 29.6 Å². The third kappa shape index (κ3) is 11.1. The Bertz CT molecular complexity index is 1330. The highest BCUT2D eigenvalue weighted by atomic mass is 19.4. The SMILES string of the molecule is CC(=O)N[C@H]1[C@H](OCCCNC(=O)C(F)(F)F)O[C@H](COCc2ccccc2)[C@@H](O[C@@H]2O[C@H](CO)[C@H](O)[C@H](O)[C@H]2O)[C@@H]1OCc1ccccc1. The van der Waals surface area contributed by atoms with Crippen LogP contribution in [0.3, 0.4) is 0 Å². The highest BCUT2D eigenvalue weighted by Gasteiger charge is 2.52. The van der Waals surface area contributed by atoms with E-state index in [0.717, 1.165) is 11.1 Å². The number of carbonyl (C=O) groups is 2. The summed E-state index contributed by atoms with van der Waals surface area (Å²) in [6.45, 7) is -0.0861. The first-order valence-electron chi connectivity index (χ1n) is 16.0. The zero-order valence-electron chi connectivity index (χ0n) is 27.2. The molecule has 0 aliphatic carbocycles. The van der Waals surface area contributed by atoms with Gasteiger partial charge in [-0.05, 0) is 17.5 Å². The van der Waals surface area contributed by atoms with E-state index in [-0.39, 0.29) is 39.4 Å². The van der Waals surface area contributed by atoms with Gasteiger partial charge in [0, 0.05) is 13.5 Å². The van der Waals surface area contributed by atoms with Gasteiger partial charge < -0.3 is 59.5 Å². The average molecular weight is 717 g/mol. The number of rotatable bonds is 16. The van der Waals surface area contributed by atoms with Gasteiger partial charge in [0.05, 0.1) is 33.0 Å². The first-order chi connectivity index (χ1) is 23.9. The molecule has 0 aromatic heterocycles. The van der Waals surface area contributed by atoms with Crippen LogP contribution in [0.2, 0.25) is 0 Å². The minimum atomic E-state index is -5.05. The fourth-order valence-electron chi connectivity index (χ4n) is 5.47. The van der Waals surface area contributed by atoms with Crippen molar-refractivity contribution >= 4 is 11.8 Å². The van der Waals surface area contributed by atoms with Gasteiger partial charge in [-0.15, -0.1) is 0 Å². The van der Waals surface area contributed by atoms with Crippen LogP contribution in [0.15, 0.2) is 60.7 Å². The number of hydrogen-bond acceptors (Lipinski definition) is 12. The van der Waals surface area contributed by atoms with Crippen LogP contribution < -0.4 is 10.6 Å². The Morgan fingerprint density at radius 3 is 2.04 bits per heavy atom. The molecule has 0 unspecified atom stereocenters. The smallest absolute Gasteiger partial charge is 0.394 e. The van der Waals surface area contributed by atoms with E-state index in [0.29, 0.717) is 0 Å². The van der Waals surface area contributed by atoms with E-state index in [1.165, 1.54) is 6.92 Å². The second-order valence-corrected chi connectivity index (χ2v) is 11.8. The van der Waals surface area contributed by atoms with E-state index in [2.05, 4.69) is 5.32 Å². The van der Waals surface area contributed by atoms with E-state index < -0.39 is 85.9 Å². The molecule has 10 atom stereocenters. The Labute approximate surface area is 286 Å². The summed E-state index contributed by atoms with van der Waals surface area (Å²) in [5.74, 6) is -2.62. The predicted molar refractivity (Wildman–Crippen MR) is 166 cm³/mol. The molecule has 50 heavy (non-hydrogen) atoms. The Kier molecular flexibility index (Phi) is 14.9. The number of amides is 2. The van der Waals surface area contributed by atoms with E-state index >= 15 is 0 Å². The van der Waals surface area contributed by atoms with Crippen molar-refractivity contribution in [2.45, 2.75) is 94.1 Å². The van der Waals surface area contributed by atoms with Crippen molar-refractivity contribution < 1.29 is 71.6 Å². The zero-order chi connectivity index (χ0) is 36.3. The standard InChI is InChI=1S/C33H43F3N2O12/c1-19(40)38-24-29(47-17-21-11-6-3-7-12-21)28(50-31-27(43)26(42)25(41)22(15-39)48-31)23(18-45-16-20-9-4-2-5-10-20)49-30(24)46-14-8-13-37-32(44)33(34,35)36/h2-7,9-12,22-31,39,41-43H,8,13-18H2,1H3,(H,37,44)(H,38,40)/t22-,23-,24-,25+,26+,27-,28-,29-,30-,31+/m1/s1. The number of hydrogen-bond donors (Lipinski definition) is 6. The van der Waals surface area contributed by atoms with Crippen molar-refractivity contribution in [1.29, 1.82) is 0 Å². The van der Waals surface area contributed by atoms with Crippen molar-refractivity contribution in [2.24, 2.45) is 0 Å². The Morgan fingerprint density at radius 1 is 0.820 bits per heavy atom. The van der Waals surface area contributed by atoms with Gasteiger partial charge in [-0.2, -0.15) is 13.2 Å². The average Bonchev–Trinajstić information content (AvgIpc) is 3.09. The summed E-state index contributed by atoms with van der Waals surface area (Å²) in [6, 6.07) is 17.0. The van der Waals surface area contributed by atoms with Crippen LogP contribution in [0.1, 0.15) is 24.5 Å². The van der Waals surface area contributed by atoms with Crippen molar-refractivity contribution in [1.82, 2.24) is 10.6 Å². The summed E-state index contributed by atoms with van der Waals surface area (Å²) < 4.78 is 74.2. The topological polar surface area (TPSA) is 194 Å². The second-order valence-electron chi connectivity index (χ2n) is 11.8. The molecule has 0 spiro atoms. The van der Waals surface area contributed by atoms with Crippen LogP contribution in [0.5, 0.6) is 0 Å². The molecule has 4 rings (SSSR count). The first-order valence-corrected chi connectivity index (χ1v) is 16.0. The first kappa shape index (κ1) is 39.6. The number of ether oxygens (including phenoxy) is 6. The lowest BCUT2D eigenvalue weighted by Gasteiger charge is -2.48. The normalized spacial score (nSPS) is 30.1. The highest BCUT2D eigenvalue weighted by molar-refractivity contribution is 5.81. The third-order valence-corrected chi connectivity index (χ3v) is 7.98. The predicted octanol–water partition coefficient (Wildman–Crippen LogP) is 0.289. The maximum Gasteiger partial charge on any atom is 0.471 e. The monoisotopic (exact) mass is 716 g/mol. The molecule has 2 saturated heterocycles. The molecule has 2 aliphatic rings. The van der Waals surface area contributed by atoms with Crippen LogP contribution >= 0.6 is 0 Å². The maximum absolute atomic E-state index is 12.6. The van der Waals surface area contributed by atoms with Gasteiger partial charge in [-0.3, -0.25) is 9.59 Å². The third-order valence-electron chi connectivity index (χ3n) is 7.98. The molecule has 17 heteroatoms. The number of carbonyl (C=O) groups excluding carboxylic acids is 2. The second kappa shape index (κ2) is 18.8. The number of halogens is 3. The van der Waals surface area contributed by atoms with Gasteiger partial charge in [-0.25, -0.2) is 0 Å². The lowest BCUT2D eigenvalue weighted by atomic mass is 9.95. The summed E-state index contributed by atoms with van der Waals surface area (Å²) in [5, 5.41) is 45.8. The summed E-state index contributed by atoms with van der Waals surface area (Å²) in [6.07, 6.45) is -17.9. The van der Waals surface area contributed by atoms with E-state index in [9.17, 15) is 43.2 Å². The Hall–Kier alpha value is -3.23. The molecular weight excluding hydrogens is 673 g/mol. The van der Waals surface area contributed by atoms with Gasteiger partial charge in [0.2, 0.25) is 5.91 Å². The van der Waals surface area contributed by atoms with Crippen molar-refractivity contribution in [3.8, 4) is 0 Å². The Morgan fingerprint density at radius 2 is 1.44 bits per heavy atom. The Balaban J connectivity index is 1.62. The molecule has 2 aromatic carbocycles. The van der Waals surface area contributed by atoms with Gasteiger partial charge in [0.1, 0.15) is 48.8 Å². The quantitative estimate of drug-likeness (QED) is 0.130. The number of alkyl halides is 3. The minimum absolute atomic E-state index is 0.0100. The summed E-state index contributed by atoms with van der Waals surface area (Å²) in [4.78, 5) is 23.7. The fourth-order valence-corrected chi connectivity index (χ4v) is 5.47. The van der Waals surface area contributed by atoms with Crippen molar-refractivity contribution in [2.75, 3.05) is 26.4 Å².